The molecule has 2 heterocycles. The fraction of sp³-hybridized carbons (Fsp3) is 0.588. The van der Waals surface area contributed by atoms with Crippen LogP contribution in [0.4, 0.5) is 0 Å². The molecule has 3 atom stereocenters. The van der Waals surface area contributed by atoms with Gasteiger partial charge in [0.15, 0.2) is 0 Å². The van der Waals surface area contributed by atoms with E-state index in [2.05, 4.69) is 6.58 Å². The van der Waals surface area contributed by atoms with Gasteiger partial charge in [0.1, 0.15) is 5.76 Å². The third-order valence-corrected chi connectivity index (χ3v) is 4.64. The number of carbonyl (C=O) groups is 1. The molecule has 0 N–H and O–H groups in total. The number of ether oxygens (including phenoxy) is 2. The first-order valence-corrected chi connectivity index (χ1v) is 7.87. The SMILES string of the molecule is C=CCOC[C@@H]1CC[C@@H]2[C@H]1OCCN2C(=O)c1ccoc1C. The second kappa shape index (κ2) is 6.67. The summed E-state index contributed by atoms with van der Waals surface area (Å²) in [7, 11) is 0. The summed E-state index contributed by atoms with van der Waals surface area (Å²) in [6, 6.07) is 1.90. The minimum absolute atomic E-state index is 0.0530. The van der Waals surface area contributed by atoms with E-state index in [9.17, 15) is 4.79 Å². The molecule has 0 aromatic carbocycles. The first-order valence-electron chi connectivity index (χ1n) is 7.87. The second-order valence-corrected chi connectivity index (χ2v) is 5.96. The molecule has 1 aliphatic heterocycles. The van der Waals surface area contributed by atoms with Gasteiger partial charge < -0.3 is 18.8 Å². The van der Waals surface area contributed by atoms with Gasteiger partial charge in [-0.25, -0.2) is 0 Å². The molecule has 5 nitrogen and oxygen atoms in total. The van der Waals surface area contributed by atoms with Crippen molar-refractivity contribution in [1.82, 2.24) is 4.90 Å². The summed E-state index contributed by atoms with van der Waals surface area (Å²) in [6.45, 7) is 7.94. The van der Waals surface area contributed by atoms with Gasteiger partial charge in [0.05, 0.1) is 43.8 Å². The van der Waals surface area contributed by atoms with Crippen molar-refractivity contribution in [3.8, 4) is 0 Å². The molecular weight excluding hydrogens is 282 g/mol. The van der Waals surface area contributed by atoms with Crippen molar-refractivity contribution in [3.63, 3.8) is 0 Å². The zero-order valence-corrected chi connectivity index (χ0v) is 13.0. The molecule has 1 amide bonds. The van der Waals surface area contributed by atoms with Gasteiger partial charge in [-0.3, -0.25) is 4.79 Å². The Hall–Kier alpha value is -1.59. The molecule has 0 spiro atoms. The smallest absolute Gasteiger partial charge is 0.257 e. The van der Waals surface area contributed by atoms with Crippen LogP contribution in [0.5, 0.6) is 0 Å². The second-order valence-electron chi connectivity index (χ2n) is 5.96. The molecule has 3 rings (SSSR count). The van der Waals surface area contributed by atoms with Crippen molar-refractivity contribution < 1.29 is 18.7 Å². The van der Waals surface area contributed by atoms with Crippen LogP contribution < -0.4 is 0 Å². The number of amides is 1. The van der Waals surface area contributed by atoms with Crippen LogP contribution >= 0.6 is 0 Å². The van der Waals surface area contributed by atoms with E-state index >= 15 is 0 Å². The normalized spacial score (nSPS) is 27.7. The average Bonchev–Trinajstić information content (AvgIpc) is 3.13. The van der Waals surface area contributed by atoms with E-state index in [-0.39, 0.29) is 18.1 Å². The minimum Gasteiger partial charge on any atom is -0.469 e. The molecule has 0 radical (unpaired) electrons. The molecule has 1 saturated heterocycles. The van der Waals surface area contributed by atoms with Crippen LogP contribution in [0.25, 0.3) is 0 Å². The number of rotatable bonds is 5. The average molecular weight is 305 g/mol. The highest BCUT2D eigenvalue weighted by Crippen LogP contribution is 2.35. The number of hydrogen-bond donors (Lipinski definition) is 0. The Morgan fingerprint density at radius 2 is 2.41 bits per heavy atom. The highest BCUT2D eigenvalue weighted by molar-refractivity contribution is 5.95. The lowest BCUT2D eigenvalue weighted by atomic mass is 10.0. The number of carbonyl (C=O) groups excluding carboxylic acids is 1. The Morgan fingerprint density at radius 3 is 3.14 bits per heavy atom. The Labute approximate surface area is 130 Å². The summed E-state index contributed by atoms with van der Waals surface area (Å²) in [5.41, 5.74) is 0.659. The molecule has 1 aliphatic carbocycles. The quantitative estimate of drug-likeness (QED) is 0.619. The topological polar surface area (TPSA) is 51.9 Å². The van der Waals surface area contributed by atoms with Gasteiger partial charge in [-0.1, -0.05) is 6.08 Å². The predicted molar refractivity (Wildman–Crippen MR) is 81.7 cm³/mol. The van der Waals surface area contributed by atoms with E-state index in [1.165, 1.54) is 0 Å². The number of hydrogen-bond acceptors (Lipinski definition) is 4. The zero-order valence-electron chi connectivity index (χ0n) is 13.0. The molecule has 0 unspecified atom stereocenters. The van der Waals surface area contributed by atoms with Gasteiger partial charge in [0.25, 0.3) is 5.91 Å². The summed E-state index contributed by atoms with van der Waals surface area (Å²) in [5.74, 6) is 1.08. The lowest BCUT2D eigenvalue weighted by molar-refractivity contribution is -0.0738. The molecule has 120 valence electrons. The first-order chi connectivity index (χ1) is 10.7. The molecule has 22 heavy (non-hydrogen) atoms. The summed E-state index contributed by atoms with van der Waals surface area (Å²) in [4.78, 5) is 14.7. The van der Waals surface area contributed by atoms with Crippen LogP contribution in [0, 0.1) is 12.8 Å². The van der Waals surface area contributed by atoms with Gasteiger partial charge in [-0.15, -0.1) is 6.58 Å². The molecular formula is C17H23NO4. The number of aryl methyl sites for hydroxylation is 1. The highest BCUT2D eigenvalue weighted by atomic mass is 16.5. The summed E-state index contributed by atoms with van der Waals surface area (Å²) >= 11 is 0. The molecule has 1 aromatic rings. The van der Waals surface area contributed by atoms with E-state index in [4.69, 9.17) is 13.9 Å². The van der Waals surface area contributed by atoms with Crippen LogP contribution in [0.3, 0.4) is 0 Å². The molecule has 1 saturated carbocycles. The highest BCUT2D eigenvalue weighted by Gasteiger charge is 2.44. The molecule has 5 heteroatoms. The van der Waals surface area contributed by atoms with Gasteiger partial charge in [0.2, 0.25) is 0 Å². The number of fused-ring (bicyclic) bond motifs is 1. The van der Waals surface area contributed by atoms with E-state index in [0.717, 1.165) is 12.8 Å². The van der Waals surface area contributed by atoms with Gasteiger partial charge in [0, 0.05) is 12.5 Å². The van der Waals surface area contributed by atoms with Crippen molar-refractivity contribution >= 4 is 5.91 Å². The number of nitrogens with zero attached hydrogens (tertiary/aromatic N) is 1. The monoisotopic (exact) mass is 305 g/mol. The maximum absolute atomic E-state index is 12.8. The van der Waals surface area contributed by atoms with Crippen LogP contribution in [0.1, 0.15) is 29.0 Å². The maximum atomic E-state index is 12.8. The Kier molecular flexibility index (Phi) is 4.64. The van der Waals surface area contributed by atoms with Gasteiger partial charge >= 0.3 is 0 Å². The summed E-state index contributed by atoms with van der Waals surface area (Å²) in [5, 5.41) is 0. The third-order valence-electron chi connectivity index (χ3n) is 4.64. The van der Waals surface area contributed by atoms with Crippen LogP contribution in [-0.2, 0) is 9.47 Å². The number of furan rings is 1. The molecule has 2 aliphatic rings. The Balaban J connectivity index is 1.69. The third kappa shape index (κ3) is 2.83. The lowest BCUT2D eigenvalue weighted by Gasteiger charge is -2.39. The fourth-order valence-electron chi connectivity index (χ4n) is 3.56. The molecule has 1 aromatic heterocycles. The van der Waals surface area contributed by atoms with Crippen LogP contribution in [0.2, 0.25) is 0 Å². The van der Waals surface area contributed by atoms with E-state index in [1.54, 1.807) is 18.4 Å². The zero-order chi connectivity index (χ0) is 15.5. The lowest BCUT2D eigenvalue weighted by Crippen LogP contribution is -2.53. The van der Waals surface area contributed by atoms with Crippen molar-refractivity contribution in [2.45, 2.75) is 31.9 Å². The standard InChI is InChI=1S/C17H23NO4/c1-3-8-20-11-13-4-5-15-16(13)22-10-7-18(15)17(19)14-6-9-21-12(14)2/h3,6,9,13,15-16H,1,4-5,7-8,10-11H2,2H3/t13-,15+,16-/m0/s1. The Bertz CT molecular complexity index is 539. The predicted octanol–water partition coefficient (Wildman–Crippen LogP) is 2.41. The Morgan fingerprint density at radius 1 is 1.55 bits per heavy atom. The van der Waals surface area contributed by atoms with Crippen LogP contribution in [-0.4, -0.2) is 49.3 Å². The van der Waals surface area contributed by atoms with E-state index < -0.39 is 0 Å². The first kappa shape index (κ1) is 15.3. The van der Waals surface area contributed by atoms with Crippen LogP contribution in [0.15, 0.2) is 29.4 Å². The fourth-order valence-corrected chi connectivity index (χ4v) is 3.56. The van der Waals surface area contributed by atoms with E-state index in [1.807, 2.05) is 11.8 Å². The van der Waals surface area contributed by atoms with Crippen molar-refractivity contribution in [2.75, 3.05) is 26.4 Å². The molecule has 0 bridgehead atoms. The number of morpholine rings is 1. The van der Waals surface area contributed by atoms with E-state index in [0.29, 0.717) is 43.6 Å². The summed E-state index contributed by atoms with van der Waals surface area (Å²) < 4.78 is 16.8. The molecule has 2 fully saturated rings. The van der Waals surface area contributed by atoms with Gasteiger partial charge in [-0.05, 0) is 25.8 Å². The van der Waals surface area contributed by atoms with Crippen molar-refractivity contribution in [2.24, 2.45) is 5.92 Å². The maximum Gasteiger partial charge on any atom is 0.257 e. The summed E-state index contributed by atoms with van der Waals surface area (Å²) in [6.07, 6.45) is 5.40. The van der Waals surface area contributed by atoms with Gasteiger partial charge in [-0.2, -0.15) is 0 Å². The van der Waals surface area contributed by atoms with Crippen molar-refractivity contribution in [3.05, 3.63) is 36.3 Å². The minimum atomic E-state index is 0.0530. The van der Waals surface area contributed by atoms with Crippen molar-refractivity contribution in [1.29, 1.82) is 0 Å². The largest absolute Gasteiger partial charge is 0.469 e.